The van der Waals surface area contributed by atoms with Gasteiger partial charge in [-0.05, 0) is 42.2 Å². The number of carbonyl (C=O) groups excluding carboxylic acids is 3. The highest BCUT2D eigenvalue weighted by atomic mass is 16.2. The topological polar surface area (TPSA) is 60.9 Å². The van der Waals surface area contributed by atoms with Crippen LogP contribution in [0.2, 0.25) is 0 Å². The highest BCUT2D eigenvalue weighted by molar-refractivity contribution is 6.16. The Hall–Kier alpha value is -3.93. The quantitative estimate of drug-likeness (QED) is 0.598. The third-order valence-electron chi connectivity index (χ3n) is 7.16. The second-order valence-electron chi connectivity index (χ2n) is 9.09. The summed E-state index contributed by atoms with van der Waals surface area (Å²) < 4.78 is 0. The summed E-state index contributed by atoms with van der Waals surface area (Å²) in [7, 11) is 0. The van der Waals surface area contributed by atoms with Crippen LogP contribution in [0, 0.1) is 0 Å². The molecule has 3 aromatic carbocycles. The fourth-order valence-corrected chi connectivity index (χ4v) is 5.47. The molecule has 6 heteroatoms. The summed E-state index contributed by atoms with van der Waals surface area (Å²) in [6.07, 6.45) is 1.32. The minimum atomic E-state index is -0.469. The molecule has 3 aromatic rings. The van der Waals surface area contributed by atoms with E-state index in [-0.39, 0.29) is 17.7 Å². The van der Waals surface area contributed by atoms with Crippen molar-refractivity contribution in [1.82, 2.24) is 9.80 Å². The Morgan fingerprint density at radius 2 is 1.53 bits per heavy atom. The Morgan fingerprint density at radius 1 is 0.824 bits per heavy atom. The molecule has 0 saturated carbocycles. The van der Waals surface area contributed by atoms with Crippen LogP contribution >= 0.6 is 0 Å². The molecular weight excluding hydrogens is 426 g/mol. The zero-order valence-electron chi connectivity index (χ0n) is 18.8. The third-order valence-corrected chi connectivity index (χ3v) is 7.16. The molecule has 0 radical (unpaired) electrons. The van der Waals surface area contributed by atoms with Crippen molar-refractivity contribution in [2.24, 2.45) is 0 Å². The van der Waals surface area contributed by atoms with Crippen LogP contribution in [-0.4, -0.2) is 40.6 Å². The Bertz CT molecular complexity index is 1320. The van der Waals surface area contributed by atoms with Crippen LogP contribution in [0.25, 0.3) is 0 Å². The fraction of sp³-hybridized carbons (Fsp3) is 0.250. The summed E-state index contributed by atoms with van der Waals surface area (Å²) in [5.41, 5.74) is 5.17. The minimum Gasteiger partial charge on any atom is -0.338 e. The average molecular weight is 452 g/mol. The average Bonchev–Trinajstić information content (AvgIpc) is 3.18. The van der Waals surface area contributed by atoms with Gasteiger partial charge in [0.25, 0.3) is 11.8 Å². The van der Waals surface area contributed by atoms with Crippen LogP contribution in [-0.2, 0) is 17.8 Å². The zero-order valence-corrected chi connectivity index (χ0v) is 18.8. The Labute approximate surface area is 198 Å². The number of amides is 3. The van der Waals surface area contributed by atoms with E-state index in [1.165, 1.54) is 11.1 Å². The van der Waals surface area contributed by atoms with E-state index in [0.29, 0.717) is 42.7 Å². The Morgan fingerprint density at radius 3 is 2.38 bits per heavy atom. The first-order valence-corrected chi connectivity index (χ1v) is 11.8. The van der Waals surface area contributed by atoms with Crippen LogP contribution in [0.4, 0.5) is 5.69 Å². The third kappa shape index (κ3) is 3.21. The molecule has 1 atom stereocenters. The zero-order chi connectivity index (χ0) is 23.2. The Kier molecular flexibility index (Phi) is 4.94. The molecular formula is C28H25N3O3. The normalized spacial score (nSPS) is 18.4. The second kappa shape index (κ2) is 8.13. The first-order valence-electron chi connectivity index (χ1n) is 11.8. The molecule has 1 unspecified atom stereocenters. The molecule has 6 nitrogen and oxygen atoms in total. The van der Waals surface area contributed by atoms with Gasteiger partial charge in [0, 0.05) is 37.2 Å². The highest BCUT2D eigenvalue weighted by Crippen LogP contribution is 2.45. The number of benzene rings is 3. The SMILES string of the molecule is O=C(CCCN1C(=O)c2ccccc2N2C(=O)c3ccccc3C12)N1CCc2ccccc2C1. The predicted octanol–water partition coefficient (Wildman–Crippen LogP) is 4.17. The molecule has 0 aromatic heterocycles. The van der Waals surface area contributed by atoms with Crippen LogP contribution in [0.3, 0.4) is 0 Å². The van der Waals surface area contributed by atoms with Crippen LogP contribution in [0.5, 0.6) is 0 Å². The first kappa shape index (κ1) is 20.7. The number of anilines is 1. The van der Waals surface area contributed by atoms with Gasteiger partial charge in [-0.25, -0.2) is 0 Å². The number of rotatable bonds is 4. The van der Waals surface area contributed by atoms with Gasteiger partial charge in [0.05, 0.1) is 11.3 Å². The van der Waals surface area contributed by atoms with Gasteiger partial charge >= 0.3 is 0 Å². The maximum Gasteiger partial charge on any atom is 0.260 e. The van der Waals surface area contributed by atoms with Crippen LogP contribution in [0.1, 0.15) is 56.4 Å². The molecule has 3 amide bonds. The van der Waals surface area contributed by atoms with Crippen molar-refractivity contribution in [2.45, 2.75) is 32.0 Å². The number of nitrogens with zero attached hydrogens (tertiary/aromatic N) is 3. The largest absolute Gasteiger partial charge is 0.338 e. The lowest BCUT2D eigenvalue weighted by Crippen LogP contribution is -2.48. The maximum atomic E-state index is 13.5. The lowest BCUT2D eigenvalue weighted by atomic mass is 9.99. The number of carbonyl (C=O) groups is 3. The number of hydrogen-bond donors (Lipinski definition) is 0. The monoisotopic (exact) mass is 451 g/mol. The van der Waals surface area contributed by atoms with E-state index in [1.807, 2.05) is 59.5 Å². The van der Waals surface area contributed by atoms with E-state index in [9.17, 15) is 14.4 Å². The smallest absolute Gasteiger partial charge is 0.260 e. The number of hydrogen-bond acceptors (Lipinski definition) is 3. The minimum absolute atomic E-state index is 0.0893. The van der Waals surface area contributed by atoms with Crippen molar-refractivity contribution in [3.63, 3.8) is 0 Å². The van der Waals surface area contributed by atoms with Gasteiger partial charge in [-0.2, -0.15) is 0 Å². The molecule has 0 saturated heterocycles. The molecule has 0 N–H and O–H groups in total. The van der Waals surface area contributed by atoms with E-state index in [1.54, 1.807) is 15.9 Å². The summed E-state index contributed by atoms with van der Waals surface area (Å²) in [4.78, 5) is 45.1. The summed E-state index contributed by atoms with van der Waals surface area (Å²) >= 11 is 0. The molecule has 3 heterocycles. The van der Waals surface area contributed by atoms with Gasteiger partial charge in [-0.1, -0.05) is 54.6 Å². The lowest BCUT2D eigenvalue weighted by Gasteiger charge is -2.41. The lowest BCUT2D eigenvalue weighted by molar-refractivity contribution is -0.132. The number of para-hydroxylation sites is 1. The van der Waals surface area contributed by atoms with Crippen molar-refractivity contribution in [3.8, 4) is 0 Å². The van der Waals surface area contributed by atoms with Crippen molar-refractivity contribution in [2.75, 3.05) is 18.0 Å². The van der Waals surface area contributed by atoms with Gasteiger partial charge < -0.3 is 9.80 Å². The standard InChI is InChI=1S/C28H25N3O3/c32-25(29-17-15-19-8-1-2-9-20(19)18-29)14-7-16-30-26-21-10-3-4-11-22(21)28(34)31(26)24-13-6-5-12-23(24)27(30)33/h1-6,8-13,26H,7,14-18H2. The van der Waals surface area contributed by atoms with Gasteiger partial charge in [-0.3, -0.25) is 19.3 Å². The van der Waals surface area contributed by atoms with Gasteiger partial charge in [0.15, 0.2) is 0 Å². The molecule has 3 aliphatic heterocycles. The van der Waals surface area contributed by atoms with Gasteiger partial charge in [-0.15, -0.1) is 0 Å². The summed E-state index contributed by atoms with van der Waals surface area (Å²) in [5.74, 6) is -0.0755. The second-order valence-corrected chi connectivity index (χ2v) is 9.09. The van der Waals surface area contributed by atoms with Gasteiger partial charge in [0.1, 0.15) is 6.17 Å². The number of fused-ring (bicyclic) bond motifs is 6. The molecule has 6 rings (SSSR count). The molecule has 0 aliphatic carbocycles. The molecule has 3 aliphatic rings. The maximum absolute atomic E-state index is 13.5. The van der Waals surface area contributed by atoms with Crippen molar-refractivity contribution < 1.29 is 14.4 Å². The van der Waals surface area contributed by atoms with Crippen molar-refractivity contribution in [3.05, 3.63) is 101 Å². The molecule has 0 bridgehead atoms. The first-order chi connectivity index (χ1) is 16.6. The predicted molar refractivity (Wildman–Crippen MR) is 128 cm³/mol. The van der Waals surface area contributed by atoms with Crippen molar-refractivity contribution in [1.29, 1.82) is 0 Å². The molecule has 170 valence electrons. The van der Waals surface area contributed by atoms with E-state index >= 15 is 0 Å². The molecule has 34 heavy (non-hydrogen) atoms. The van der Waals surface area contributed by atoms with Crippen LogP contribution in [0.15, 0.2) is 72.8 Å². The highest BCUT2D eigenvalue weighted by Gasteiger charge is 2.47. The molecule has 0 fully saturated rings. The van der Waals surface area contributed by atoms with Gasteiger partial charge in [0.2, 0.25) is 5.91 Å². The summed E-state index contributed by atoms with van der Waals surface area (Å²) in [6.45, 7) is 1.78. The van der Waals surface area contributed by atoms with E-state index in [0.717, 1.165) is 18.5 Å². The van der Waals surface area contributed by atoms with E-state index in [2.05, 4.69) is 12.1 Å². The van der Waals surface area contributed by atoms with E-state index in [4.69, 9.17) is 0 Å². The Balaban J connectivity index is 1.21. The summed E-state index contributed by atoms with van der Waals surface area (Å²) in [5, 5.41) is 0. The van der Waals surface area contributed by atoms with E-state index < -0.39 is 6.17 Å². The van der Waals surface area contributed by atoms with Crippen LogP contribution < -0.4 is 4.90 Å². The fourth-order valence-electron chi connectivity index (χ4n) is 5.47. The van der Waals surface area contributed by atoms with Crippen molar-refractivity contribution >= 4 is 23.4 Å². The summed E-state index contributed by atoms with van der Waals surface area (Å²) in [6, 6.07) is 23.0. The molecule has 0 spiro atoms.